The average molecular weight is 318 g/mol. The molecule has 0 unspecified atom stereocenters. The summed E-state index contributed by atoms with van der Waals surface area (Å²) in [7, 11) is 0. The van der Waals surface area contributed by atoms with Gasteiger partial charge in [-0.2, -0.15) is 0 Å². The number of hydrogen-bond donors (Lipinski definition) is 1. The summed E-state index contributed by atoms with van der Waals surface area (Å²) in [5.74, 6) is 0.209. The number of rotatable bonds is 7. The smallest absolute Gasteiger partial charge is 0.383 e. The van der Waals surface area contributed by atoms with Crippen molar-refractivity contribution in [1.82, 2.24) is 0 Å². The standard InChI is InChI=1S/C18H22O5/c1-4-5-6-7-11-21-16-15-13(19)9-8-10-14(15)23-18(20)17(16)22-12(2)3/h5-6,8-10,12,19H,4,7,11H2,1-3H3. The summed E-state index contributed by atoms with van der Waals surface area (Å²) in [6.07, 6.45) is 5.49. The van der Waals surface area contributed by atoms with Gasteiger partial charge in [-0.15, -0.1) is 0 Å². The van der Waals surface area contributed by atoms with E-state index in [1.165, 1.54) is 6.07 Å². The van der Waals surface area contributed by atoms with Crippen LogP contribution in [0.5, 0.6) is 17.2 Å². The van der Waals surface area contributed by atoms with Crippen LogP contribution in [0.25, 0.3) is 11.0 Å². The zero-order chi connectivity index (χ0) is 16.8. The monoisotopic (exact) mass is 318 g/mol. The van der Waals surface area contributed by atoms with E-state index in [9.17, 15) is 9.90 Å². The molecular formula is C18H22O5. The van der Waals surface area contributed by atoms with Gasteiger partial charge in [0.05, 0.1) is 12.7 Å². The van der Waals surface area contributed by atoms with Gasteiger partial charge >= 0.3 is 5.63 Å². The Morgan fingerprint density at radius 2 is 2.04 bits per heavy atom. The maximum absolute atomic E-state index is 12.2. The number of ether oxygens (including phenoxy) is 2. The summed E-state index contributed by atoms with van der Waals surface area (Å²) in [6, 6.07) is 4.74. The van der Waals surface area contributed by atoms with E-state index in [-0.39, 0.29) is 28.9 Å². The molecule has 0 atom stereocenters. The van der Waals surface area contributed by atoms with Crippen molar-refractivity contribution in [3.63, 3.8) is 0 Å². The minimum absolute atomic E-state index is 0.00605. The molecule has 1 aromatic heterocycles. The molecule has 1 aromatic carbocycles. The molecule has 2 rings (SSSR count). The average Bonchev–Trinajstić information content (AvgIpc) is 2.49. The number of hydrogen-bond acceptors (Lipinski definition) is 5. The predicted octanol–water partition coefficient (Wildman–Crippen LogP) is 4.02. The molecule has 23 heavy (non-hydrogen) atoms. The van der Waals surface area contributed by atoms with E-state index in [2.05, 4.69) is 6.92 Å². The van der Waals surface area contributed by atoms with Crippen molar-refractivity contribution in [1.29, 1.82) is 0 Å². The number of allylic oxidation sites excluding steroid dienone is 1. The lowest BCUT2D eigenvalue weighted by Crippen LogP contribution is -2.15. The van der Waals surface area contributed by atoms with Crippen LogP contribution in [0.4, 0.5) is 0 Å². The quantitative estimate of drug-likeness (QED) is 0.474. The molecule has 1 heterocycles. The van der Waals surface area contributed by atoms with Crippen LogP contribution in [0, 0.1) is 0 Å². The third kappa shape index (κ3) is 4.06. The first-order valence-corrected chi connectivity index (χ1v) is 7.77. The van der Waals surface area contributed by atoms with Crippen LogP contribution < -0.4 is 15.1 Å². The lowest BCUT2D eigenvalue weighted by atomic mass is 10.2. The minimum atomic E-state index is -0.615. The highest BCUT2D eigenvalue weighted by Gasteiger charge is 2.21. The molecule has 0 amide bonds. The van der Waals surface area contributed by atoms with Gasteiger partial charge in [-0.25, -0.2) is 4.79 Å². The number of phenols is 1. The van der Waals surface area contributed by atoms with Crippen LogP contribution in [0.2, 0.25) is 0 Å². The Morgan fingerprint density at radius 1 is 1.26 bits per heavy atom. The third-order valence-electron chi connectivity index (χ3n) is 3.11. The summed E-state index contributed by atoms with van der Waals surface area (Å²) >= 11 is 0. The van der Waals surface area contributed by atoms with Crippen molar-refractivity contribution >= 4 is 11.0 Å². The predicted molar refractivity (Wildman–Crippen MR) is 89.5 cm³/mol. The normalized spacial score (nSPS) is 11.5. The summed E-state index contributed by atoms with van der Waals surface area (Å²) in [6.45, 7) is 6.04. The Morgan fingerprint density at radius 3 is 2.74 bits per heavy atom. The van der Waals surface area contributed by atoms with Gasteiger partial charge in [0.15, 0.2) is 5.75 Å². The molecule has 2 aromatic rings. The molecule has 1 N–H and O–H groups in total. The fourth-order valence-electron chi connectivity index (χ4n) is 2.17. The van der Waals surface area contributed by atoms with Crippen molar-refractivity contribution in [2.45, 2.75) is 39.7 Å². The van der Waals surface area contributed by atoms with Crippen molar-refractivity contribution < 1.29 is 19.0 Å². The third-order valence-corrected chi connectivity index (χ3v) is 3.11. The summed E-state index contributed by atoms with van der Waals surface area (Å²) in [5, 5.41) is 10.5. The lowest BCUT2D eigenvalue weighted by molar-refractivity contribution is 0.212. The van der Waals surface area contributed by atoms with Gasteiger partial charge in [0.2, 0.25) is 5.75 Å². The van der Waals surface area contributed by atoms with Gasteiger partial charge < -0.3 is 19.0 Å². The molecule has 0 bridgehead atoms. The first-order chi connectivity index (χ1) is 11.0. The molecule has 124 valence electrons. The molecule has 5 heteroatoms. The van der Waals surface area contributed by atoms with Gasteiger partial charge in [-0.1, -0.05) is 25.1 Å². The van der Waals surface area contributed by atoms with Crippen LogP contribution in [0.15, 0.2) is 39.6 Å². The molecule has 0 aliphatic carbocycles. The number of phenolic OH excluding ortho intramolecular Hbond substituents is 1. The lowest BCUT2D eigenvalue weighted by Gasteiger charge is -2.15. The van der Waals surface area contributed by atoms with E-state index in [0.29, 0.717) is 18.4 Å². The fraction of sp³-hybridized carbons (Fsp3) is 0.389. The second kappa shape index (κ2) is 7.72. The molecule has 0 saturated heterocycles. The largest absolute Gasteiger partial charge is 0.507 e. The molecule has 0 aliphatic rings. The molecule has 0 fully saturated rings. The molecule has 0 spiro atoms. The highest BCUT2D eigenvalue weighted by molar-refractivity contribution is 5.91. The SMILES string of the molecule is CCC=CCCOc1c(OC(C)C)c(=O)oc2cccc(O)c12. The van der Waals surface area contributed by atoms with Crippen LogP contribution >= 0.6 is 0 Å². The zero-order valence-corrected chi connectivity index (χ0v) is 13.7. The van der Waals surface area contributed by atoms with E-state index in [1.807, 2.05) is 26.0 Å². The number of benzene rings is 1. The van der Waals surface area contributed by atoms with Crippen molar-refractivity contribution in [3.05, 3.63) is 40.8 Å². The first kappa shape index (κ1) is 16.9. The summed E-state index contributed by atoms with van der Waals surface area (Å²) < 4.78 is 16.5. The summed E-state index contributed by atoms with van der Waals surface area (Å²) in [4.78, 5) is 12.2. The Labute approximate surface area is 135 Å². The Bertz CT molecular complexity index is 743. The highest BCUT2D eigenvalue weighted by atomic mass is 16.5. The number of aromatic hydroxyl groups is 1. The molecule has 0 saturated carbocycles. The number of fused-ring (bicyclic) bond motifs is 1. The van der Waals surface area contributed by atoms with E-state index < -0.39 is 5.63 Å². The van der Waals surface area contributed by atoms with Gasteiger partial charge in [0, 0.05) is 0 Å². The zero-order valence-electron chi connectivity index (χ0n) is 13.7. The molecular weight excluding hydrogens is 296 g/mol. The second-order valence-corrected chi connectivity index (χ2v) is 5.38. The van der Waals surface area contributed by atoms with Crippen LogP contribution in [-0.4, -0.2) is 17.8 Å². The van der Waals surface area contributed by atoms with Crippen molar-refractivity contribution in [3.8, 4) is 17.2 Å². The van der Waals surface area contributed by atoms with Gasteiger partial charge in [0.25, 0.3) is 0 Å². The Hall–Kier alpha value is -2.43. The second-order valence-electron chi connectivity index (χ2n) is 5.38. The minimum Gasteiger partial charge on any atom is -0.507 e. The van der Waals surface area contributed by atoms with Crippen molar-refractivity contribution in [2.75, 3.05) is 6.61 Å². The topological polar surface area (TPSA) is 68.9 Å². The van der Waals surface area contributed by atoms with E-state index in [4.69, 9.17) is 13.9 Å². The van der Waals surface area contributed by atoms with Gasteiger partial charge in [-0.05, 0) is 38.8 Å². The van der Waals surface area contributed by atoms with E-state index >= 15 is 0 Å². The summed E-state index contributed by atoms with van der Waals surface area (Å²) in [5.41, 5.74) is -0.346. The first-order valence-electron chi connectivity index (χ1n) is 7.77. The van der Waals surface area contributed by atoms with Gasteiger partial charge in [0.1, 0.15) is 16.7 Å². The maximum atomic E-state index is 12.2. The van der Waals surface area contributed by atoms with E-state index in [0.717, 1.165) is 6.42 Å². The fourth-order valence-corrected chi connectivity index (χ4v) is 2.17. The Balaban J connectivity index is 2.47. The Kier molecular flexibility index (Phi) is 5.68. The van der Waals surface area contributed by atoms with Crippen LogP contribution in [0.3, 0.4) is 0 Å². The molecule has 0 aliphatic heterocycles. The van der Waals surface area contributed by atoms with Gasteiger partial charge in [-0.3, -0.25) is 0 Å². The highest BCUT2D eigenvalue weighted by Crippen LogP contribution is 2.38. The van der Waals surface area contributed by atoms with E-state index in [1.54, 1.807) is 12.1 Å². The van der Waals surface area contributed by atoms with Crippen LogP contribution in [0.1, 0.15) is 33.6 Å². The molecule has 0 radical (unpaired) electrons. The van der Waals surface area contributed by atoms with Crippen molar-refractivity contribution in [2.24, 2.45) is 0 Å². The maximum Gasteiger partial charge on any atom is 0.383 e. The van der Waals surface area contributed by atoms with Crippen LogP contribution in [-0.2, 0) is 0 Å². The molecule has 5 nitrogen and oxygen atoms in total.